The first kappa shape index (κ1) is 13.0. The van der Waals surface area contributed by atoms with Gasteiger partial charge in [-0.1, -0.05) is 6.07 Å². The summed E-state index contributed by atoms with van der Waals surface area (Å²) < 4.78 is 6.88. The number of nitrogen functional groups attached to an aromatic ring is 1. The minimum atomic E-state index is -0.311. The molecule has 0 aliphatic carbocycles. The lowest BCUT2D eigenvalue weighted by molar-refractivity contribution is 0.333. The van der Waals surface area contributed by atoms with Crippen molar-refractivity contribution in [2.45, 2.75) is 0 Å². The van der Waals surface area contributed by atoms with Gasteiger partial charge in [0.05, 0.1) is 6.54 Å². The van der Waals surface area contributed by atoms with Gasteiger partial charge in [-0.25, -0.2) is 19.3 Å². The summed E-state index contributed by atoms with van der Waals surface area (Å²) in [7, 11) is 0. The number of hydrogen-bond donors (Lipinski definition) is 3. The van der Waals surface area contributed by atoms with Gasteiger partial charge in [0.2, 0.25) is 0 Å². The van der Waals surface area contributed by atoms with Crippen molar-refractivity contribution in [1.82, 2.24) is 19.6 Å². The molecule has 3 rings (SSSR count). The molecule has 8 heteroatoms. The van der Waals surface area contributed by atoms with E-state index in [1.807, 2.05) is 12.1 Å². The summed E-state index contributed by atoms with van der Waals surface area (Å²) in [6.07, 6.45) is 1.42. The van der Waals surface area contributed by atoms with Crippen molar-refractivity contribution in [2.75, 3.05) is 24.2 Å². The van der Waals surface area contributed by atoms with Gasteiger partial charge in [0.1, 0.15) is 24.5 Å². The van der Waals surface area contributed by atoms with Crippen molar-refractivity contribution in [3.63, 3.8) is 0 Å². The van der Waals surface area contributed by atoms with E-state index >= 15 is 0 Å². The molecule has 0 fully saturated rings. The van der Waals surface area contributed by atoms with Gasteiger partial charge in [0.15, 0.2) is 5.65 Å². The van der Waals surface area contributed by atoms with E-state index in [1.165, 1.54) is 10.7 Å². The van der Waals surface area contributed by atoms with Crippen LogP contribution in [0.4, 0.5) is 11.5 Å². The summed E-state index contributed by atoms with van der Waals surface area (Å²) in [6, 6.07) is 8.93. The summed E-state index contributed by atoms with van der Waals surface area (Å²) in [6.45, 7) is 1.02. The third-order valence-electron chi connectivity index (χ3n) is 2.84. The number of nitrogens with one attached hydrogen (secondary N) is 2. The van der Waals surface area contributed by atoms with Gasteiger partial charge in [0, 0.05) is 17.8 Å². The third kappa shape index (κ3) is 2.94. The number of aromatic amines is 1. The third-order valence-corrected chi connectivity index (χ3v) is 2.84. The topological polar surface area (TPSA) is 110 Å². The number of hydrogen-bond acceptors (Lipinski definition) is 6. The van der Waals surface area contributed by atoms with Crippen molar-refractivity contribution in [1.29, 1.82) is 0 Å². The van der Waals surface area contributed by atoms with Crippen molar-refractivity contribution in [3.8, 4) is 5.75 Å². The van der Waals surface area contributed by atoms with Crippen molar-refractivity contribution >= 4 is 17.2 Å². The molecule has 0 amide bonds. The number of fused-ring (bicyclic) bond motifs is 1. The second-order valence-corrected chi connectivity index (χ2v) is 4.38. The molecule has 0 unspecified atom stereocenters. The molecule has 21 heavy (non-hydrogen) atoms. The Morgan fingerprint density at radius 3 is 3.14 bits per heavy atom. The van der Waals surface area contributed by atoms with Crippen LogP contribution in [0.3, 0.4) is 0 Å². The number of nitrogens with two attached hydrogens (primary N) is 1. The minimum absolute atomic E-state index is 0.311. The molecule has 108 valence electrons. The molecule has 8 nitrogen and oxygen atoms in total. The molecular formula is C13H14N6O2. The molecule has 0 aliphatic rings. The second kappa shape index (κ2) is 5.53. The fourth-order valence-electron chi connectivity index (χ4n) is 1.86. The highest BCUT2D eigenvalue weighted by atomic mass is 16.5. The average Bonchev–Trinajstić information content (AvgIpc) is 2.85. The van der Waals surface area contributed by atoms with Crippen molar-refractivity contribution < 1.29 is 4.74 Å². The Hall–Kier alpha value is -3.03. The van der Waals surface area contributed by atoms with E-state index < -0.39 is 0 Å². The first-order valence-corrected chi connectivity index (χ1v) is 6.37. The lowest BCUT2D eigenvalue weighted by Crippen LogP contribution is -2.14. The van der Waals surface area contributed by atoms with Gasteiger partial charge in [-0.3, -0.25) is 0 Å². The number of anilines is 2. The molecule has 0 radical (unpaired) electrons. The maximum atomic E-state index is 11.3. The zero-order valence-corrected chi connectivity index (χ0v) is 11.1. The fourth-order valence-corrected chi connectivity index (χ4v) is 1.86. The quantitative estimate of drug-likeness (QED) is 0.465. The Balaban J connectivity index is 1.55. The summed E-state index contributed by atoms with van der Waals surface area (Å²) in [4.78, 5) is 15.4. The van der Waals surface area contributed by atoms with Crippen LogP contribution in [-0.2, 0) is 0 Å². The fraction of sp³-hybridized carbons (Fsp3) is 0.154. The van der Waals surface area contributed by atoms with Gasteiger partial charge >= 0.3 is 5.69 Å². The zero-order chi connectivity index (χ0) is 14.7. The Morgan fingerprint density at radius 1 is 1.38 bits per heavy atom. The summed E-state index contributed by atoms with van der Waals surface area (Å²) in [5.74, 6) is 1.34. The molecule has 3 aromatic rings. The molecule has 4 N–H and O–H groups in total. The summed E-state index contributed by atoms with van der Waals surface area (Å²) in [5.41, 5.74) is 6.53. The van der Waals surface area contributed by atoms with Crippen LogP contribution < -0.4 is 21.5 Å². The van der Waals surface area contributed by atoms with E-state index in [0.29, 0.717) is 30.3 Å². The number of benzene rings is 1. The second-order valence-electron chi connectivity index (χ2n) is 4.38. The van der Waals surface area contributed by atoms with Crippen LogP contribution in [0.5, 0.6) is 5.75 Å². The molecule has 0 aliphatic heterocycles. The van der Waals surface area contributed by atoms with Gasteiger partial charge in [-0.2, -0.15) is 5.10 Å². The highest BCUT2D eigenvalue weighted by Gasteiger charge is 2.02. The highest BCUT2D eigenvalue weighted by Crippen LogP contribution is 2.14. The maximum Gasteiger partial charge on any atom is 0.348 e. The smallest absolute Gasteiger partial charge is 0.348 e. The summed E-state index contributed by atoms with van der Waals surface area (Å²) >= 11 is 0. The van der Waals surface area contributed by atoms with Gasteiger partial charge < -0.3 is 15.8 Å². The van der Waals surface area contributed by atoms with Gasteiger partial charge in [-0.15, -0.1) is 0 Å². The Morgan fingerprint density at radius 2 is 2.29 bits per heavy atom. The van der Waals surface area contributed by atoms with Crippen LogP contribution >= 0.6 is 0 Å². The van der Waals surface area contributed by atoms with Crippen molar-refractivity contribution in [2.24, 2.45) is 0 Å². The van der Waals surface area contributed by atoms with Crippen molar-refractivity contribution in [3.05, 3.63) is 47.1 Å². The molecule has 0 bridgehead atoms. The molecule has 2 heterocycles. The molecular weight excluding hydrogens is 272 g/mol. The number of H-pyrrole nitrogens is 1. The molecule has 1 aromatic carbocycles. The normalized spacial score (nSPS) is 10.7. The van der Waals surface area contributed by atoms with E-state index in [1.54, 1.807) is 18.2 Å². The zero-order valence-electron chi connectivity index (χ0n) is 11.1. The largest absolute Gasteiger partial charge is 0.492 e. The molecule has 0 saturated carbocycles. The Kier molecular flexibility index (Phi) is 3.42. The van der Waals surface area contributed by atoms with Crippen LogP contribution in [-0.4, -0.2) is 32.7 Å². The van der Waals surface area contributed by atoms with Crippen LogP contribution in [0, 0.1) is 0 Å². The lowest BCUT2D eigenvalue weighted by atomic mass is 10.3. The molecule has 2 aromatic heterocycles. The number of rotatable bonds is 5. The average molecular weight is 286 g/mol. The SMILES string of the molecule is Nc1cccc(OCCNc2cc3n[nH]c(=O)n3cn2)c1. The summed E-state index contributed by atoms with van der Waals surface area (Å²) in [5, 5.41) is 9.31. The molecule has 0 spiro atoms. The van der Waals surface area contributed by atoms with Crippen LogP contribution in [0.2, 0.25) is 0 Å². The van der Waals surface area contributed by atoms with E-state index in [4.69, 9.17) is 10.5 Å². The molecule has 0 saturated heterocycles. The standard InChI is InChI=1S/C13H14N6O2/c14-9-2-1-3-10(6-9)21-5-4-15-11-7-12-17-18-13(20)19(12)8-16-11/h1-3,6-8,15H,4-5,14H2,(H,18,20). The van der Waals surface area contributed by atoms with Gasteiger partial charge in [-0.05, 0) is 12.1 Å². The van der Waals surface area contributed by atoms with Crippen LogP contribution in [0.25, 0.3) is 5.65 Å². The lowest BCUT2D eigenvalue weighted by Gasteiger charge is -2.08. The number of nitrogens with zero attached hydrogens (tertiary/aromatic N) is 3. The van der Waals surface area contributed by atoms with E-state index in [2.05, 4.69) is 20.5 Å². The predicted octanol–water partition coefficient (Wildman–Crippen LogP) is 0.491. The van der Waals surface area contributed by atoms with Crippen LogP contribution in [0.15, 0.2) is 41.5 Å². The van der Waals surface area contributed by atoms with E-state index in [0.717, 1.165) is 5.75 Å². The first-order chi connectivity index (χ1) is 10.2. The number of ether oxygens (including phenoxy) is 1. The predicted molar refractivity (Wildman–Crippen MR) is 78.4 cm³/mol. The molecule has 0 atom stereocenters. The van der Waals surface area contributed by atoms with E-state index in [9.17, 15) is 4.79 Å². The van der Waals surface area contributed by atoms with Crippen LogP contribution in [0.1, 0.15) is 0 Å². The maximum absolute atomic E-state index is 11.3. The minimum Gasteiger partial charge on any atom is -0.492 e. The Bertz CT molecular complexity index is 810. The Labute approximate surface area is 119 Å². The monoisotopic (exact) mass is 286 g/mol. The highest BCUT2D eigenvalue weighted by molar-refractivity contribution is 5.48. The first-order valence-electron chi connectivity index (χ1n) is 6.37. The van der Waals surface area contributed by atoms with E-state index in [-0.39, 0.29) is 5.69 Å². The van der Waals surface area contributed by atoms with Gasteiger partial charge in [0.25, 0.3) is 0 Å². The number of aromatic nitrogens is 4.